The van der Waals surface area contributed by atoms with Crippen LogP contribution < -0.4 is 10.5 Å². The average molecular weight is 269 g/mol. The molecular formula is C18H23NO. The maximum atomic E-state index is 6.44. The van der Waals surface area contributed by atoms with Crippen molar-refractivity contribution in [3.8, 4) is 5.75 Å². The van der Waals surface area contributed by atoms with Crippen molar-refractivity contribution in [2.45, 2.75) is 33.2 Å². The van der Waals surface area contributed by atoms with Crippen molar-refractivity contribution >= 4 is 0 Å². The summed E-state index contributed by atoms with van der Waals surface area (Å²) in [5.41, 5.74) is 12.5. The van der Waals surface area contributed by atoms with Crippen molar-refractivity contribution in [1.29, 1.82) is 0 Å². The topological polar surface area (TPSA) is 35.2 Å². The summed E-state index contributed by atoms with van der Waals surface area (Å²) < 4.78 is 5.52. The van der Waals surface area contributed by atoms with Crippen LogP contribution >= 0.6 is 0 Å². The number of hydrogen-bond donors (Lipinski definition) is 1. The van der Waals surface area contributed by atoms with Crippen LogP contribution in [0.25, 0.3) is 0 Å². The van der Waals surface area contributed by atoms with Crippen LogP contribution in [-0.2, 0) is 6.42 Å². The van der Waals surface area contributed by atoms with Gasteiger partial charge in [0.05, 0.1) is 7.11 Å². The molecule has 0 radical (unpaired) electrons. The second kappa shape index (κ2) is 6.10. The third kappa shape index (κ3) is 3.02. The average Bonchev–Trinajstić information content (AvgIpc) is 2.40. The standard InChI is InChI=1S/C18H23NO/c1-12-9-14(3)18(17(10-12)20-4)16(19)11-15-8-6-5-7-13(15)2/h5-10,16H,11,19H2,1-4H3. The lowest BCUT2D eigenvalue weighted by atomic mass is 9.92. The van der Waals surface area contributed by atoms with E-state index in [0.717, 1.165) is 17.7 Å². The first-order chi connectivity index (χ1) is 9.52. The van der Waals surface area contributed by atoms with Crippen LogP contribution in [0.4, 0.5) is 0 Å². The molecule has 2 aromatic rings. The summed E-state index contributed by atoms with van der Waals surface area (Å²) in [5, 5.41) is 0. The maximum absolute atomic E-state index is 6.44. The molecular weight excluding hydrogens is 246 g/mol. The summed E-state index contributed by atoms with van der Waals surface area (Å²) in [6.07, 6.45) is 0.826. The molecule has 0 aliphatic heterocycles. The van der Waals surface area contributed by atoms with Gasteiger partial charge in [-0.2, -0.15) is 0 Å². The zero-order valence-corrected chi connectivity index (χ0v) is 12.7. The first-order valence-electron chi connectivity index (χ1n) is 6.98. The molecule has 0 heterocycles. The molecule has 0 aliphatic carbocycles. The summed E-state index contributed by atoms with van der Waals surface area (Å²) >= 11 is 0. The molecule has 0 spiro atoms. The van der Waals surface area contributed by atoms with Gasteiger partial charge in [0.1, 0.15) is 5.75 Å². The first-order valence-corrected chi connectivity index (χ1v) is 6.98. The Hall–Kier alpha value is -1.80. The van der Waals surface area contributed by atoms with E-state index < -0.39 is 0 Å². The van der Waals surface area contributed by atoms with Crippen molar-refractivity contribution in [3.63, 3.8) is 0 Å². The number of hydrogen-bond acceptors (Lipinski definition) is 2. The summed E-state index contributed by atoms with van der Waals surface area (Å²) in [4.78, 5) is 0. The molecule has 1 unspecified atom stereocenters. The molecule has 106 valence electrons. The van der Waals surface area contributed by atoms with Crippen LogP contribution in [-0.4, -0.2) is 7.11 Å². The Morgan fingerprint density at radius 3 is 2.40 bits per heavy atom. The third-order valence-electron chi connectivity index (χ3n) is 3.79. The van der Waals surface area contributed by atoms with Crippen LogP contribution in [0.15, 0.2) is 36.4 Å². The van der Waals surface area contributed by atoms with E-state index >= 15 is 0 Å². The number of benzene rings is 2. The second-order valence-corrected chi connectivity index (χ2v) is 5.43. The summed E-state index contributed by atoms with van der Waals surface area (Å²) in [7, 11) is 1.71. The lowest BCUT2D eigenvalue weighted by Gasteiger charge is -2.20. The molecule has 2 nitrogen and oxygen atoms in total. The van der Waals surface area contributed by atoms with Gasteiger partial charge >= 0.3 is 0 Å². The van der Waals surface area contributed by atoms with E-state index in [1.807, 2.05) is 0 Å². The van der Waals surface area contributed by atoms with Gasteiger partial charge in [-0.25, -0.2) is 0 Å². The quantitative estimate of drug-likeness (QED) is 0.914. The van der Waals surface area contributed by atoms with E-state index in [0.29, 0.717) is 0 Å². The van der Waals surface area contributed by atoms with Crippen LogP contribution in [0, 0.1) is 20.8 Å². The molecule has 0 aromatic heterocycles. The van der Waals surface area contributed by atoms with Gasteiger partial charge in [-0.3, -0.25) is 0 Å². The highest BCUT2D eigenvalue weighted by atomic mass is 16.5. The van der Waals surface area contributed by atoms with Gasteiger partial charge in [-0.15, -0.1) is 0 Å². The van der Waals surface area contributed by atoms with Gasteiger partial charge in [0.25, 0.3) is 0 Å². The minimum absolute atomic E-state index is 0.0494. The fraction of sp³-hybridized carbons (Fsp3) is 0.333. The molecule has 20 heavy (non-hydrogen) atoms. The predicted octanol–water partition coefficient (Wildman–Crippen LogP) is 3.86. The van der Waals surface area contributed by atoms with Gasteiger partial charge in [0.15, 0.2) is 0 Å². The van der Waals surface area contributed by atoms with Crippen molar-refractivity contribution in [2.24, 2.45) is 5.73 Å². The van der Waals surface area contributed by atoms with E-state index in [4.69, 9.17) is 10.5 Å². The van der Waals surface area contributed by atoms with Crippen molar-refractivity contribution < 1.29 is 4.74 Å². The van der Waals surface area contributed by atoms with Crippen LogP contribution in [0.3, 0.4) is 0 Å². The number of nitrogens with two attached hydrogens (primary N) is 1. The van der Waals surface area contributed by atoms with Crippen molar-refractivity contribution in [3.05, 3.63) is 64.2 Å². The molecule has 2 aromatic carbocycles. The fourth-order valence-electron chi connectivity index (χ4n) is 2.76. The minimum atomic E-state index is -0.0494. The van der Waals surface area contributed by atoms with E-state index in [1.165, 1.54) is 22.3 Å². The molecule has 0 saturated carbocycles. The largest absolute Gasteiger partial charge is 0.496 e. The Balaban J connectivity index is 2.34. The third-order valence-corrected chi connectivity index (χ3v) is 3.79. The smallest absolute Gasteiger partial charge is 0.124 e. The highest BCUT2D eigenvalue weighted by Gasteiger charge is 2.16. The monoisotopic (exact) mass is 269 g/mol. The Labute approximate surface area is 121 Å². The lowest BCUT2D eigenvalue weighted by Crippen LogP contribution is -2.16. The van der Waals surface area contributed by atoms with E-state index in [9.17, 15) is 0 Å². The van der Waals surface area contributed by atoms with E-state index in [-0.39, 0.29) is 6.04 Å². The lowest BCUT2D eigenvalue weighted by molar-refractivity contribution is 0.404. The van der Waals surface area contributed by atoms with Crippen LogP contribution in [0.2, 0.25) is 0 Å². The molecule has 0 aliphatic rings. The normalized spacial score (nSPS) is 12.2. The van der Waals surface area contributed by atoms with E-state index in [2.05, 4.69) is 57.2 Å². The molecule has 2 heteroatoms. The summed E-state index contributed by atoms with van der Waals surface area (Å²) in [6, 6.07) is 12.6. The molecule has 1 atom stereocenters. The molecule has 0 fully saturated rings. The van der Waals surface area contributed by atoms with Crippen molar-refractivity contribution in [1.82, 2.24) is 0 Å². The SMILES string of the molecule is COc1cc(C)cc(C)c1C(N)Cc1ccccc1C. The number of rotatable bonds is 4. The molecule has 2 N–H and O–H groups in total. The summed E-state index contributed by atoms with van der Waals surface area (Å²) in [5.74, 6) is 0.892. The van der Waals surface area contributed by atoms with Crippen molar-refractivity contribution in [2.75, 3.05) is 7.11 Å². The maximum Gasteiger partial charge on any atom is 0.124 e. The molecule has 2 rings (SSSR count). The van der Waals surface area contributed by atoms with Gasteiger partial charge in [0.2, 0.25) is 0 Å². The van der Waals surface area contributed by atoms with Gasteiger partial charge < -0.3 is 10.5 Å². The Morgan fingerprint density at radius 2 is 1.75 bits per heavy atom. The first kappa shape index (κ1) is 14.6. The zero-order valence-electron chi connectivity index (χ0n) is 12.7. The summed E-state index contributed by atoms with van der Waals surface area (Å²) in [6.45, 7) is 6.30. The van der Waals surface area contributed by atoms with Crippen LogP contribution in [0.5, 0.6) is 5.75 Å². The minimum Gasteiger partial charge on any atom is -0.496 e. The zero-order chi connectivity index (χ0) is 14.7. The Bertz CT molecular complexity index is 604. The Kier molecular flexibility index (Phi) is 4.46. The highest BCUT2D eigenvalue weighted by Crippen LogP contribution is 2.31. The highest BCUT2D eigenvalue weighted by molar-refractivity contribution is 5.45. The number of aryl methyl sites for hydroxylation is 3. The Morgan fingerprint density at radius 1 is 1.05 bits per heavy atom. The second-order valence-electron chi connectivity index (χ2n) is 5.43. The molecule has 0 bridgehead atoms. The molecule has 0 amide bonds. The fourth-order valence-corrected chi connectivity index (χ4v) is 2.76. The molecule has 0 saturated heterocycles. The number of ether oxygens (including phenoxy) is 1. The van der Waals surface area contributed by atoms with Gasteiger partial charge in [0, 0.05) is 11.6 Å². The van der Waals surface area contributed by atoms with E-state index in [1.54, 1.807) is 7.11 Å². The predicted molar refractivity (Wildman–Crippen MR) is 84.3 cm³/mol. The van der Waals surface area contributed by atoms with Gasteiger partial charge in [-0.1, -0.05) is 30.3 Å². The van der Waals surface area contributed by atoms with Gasteiger partial charge in [-0.05, 0) is 55.5 Å². The number of methoxy groups -OCH3 is 1. The van der Waals surface area contributed by atoms with Crippen LogP contribution in [0.1, 0.15) is 33.9 Å².